The van der Waals surface area contributed by atoms with Gasteiger partial charge in [0.15, 0.2) is 0 Å². The SMILES string of the molecule is CC(C)OCCCN1C(=O)C(Nc2ccc(OC(C)C)cc2)=C(c2ccccc2)C1=O. The van der Waals surface area contributed by atoms with Gasteiger partial charge in [-0.05, 0) is 63.9 Å². The molecular formula is C25H30N2O4. The number of rotatable bonds is 10. The smallest absolute Gasteiger partial charge is 0.278 e. The minimum atomic E-state index is -0.323. The van der Waals surface area contributed by atoms with Crippen molar-refractivity contribution in [2.75, 3.05) is 18.5 Å². The Kier molecular flexibility index (Phi) is 7.47. The summed E-state index contributed by atoms with van der Waals surface area (Å²) in [6.07, 6.45) is 0.781. The first-order valence-corrected chi connectivity index (χ1v) is 10.7. The monoisotopic (exact) mass is 422 g/mol. The van der Waals surface area contributed by atoms with Gasteiger partial charge in [-0.25, -0.2) is 0 Å². The number of carbonyl (C=O) groups is 2. The van der Waals surface area contributed by atoms with Gasteiger partial charge in [0.25, 0.3) is 11.8 Å². The average molecular weight is 423 g/mol. The van der Waals surface area contributed by atoms with Crippen LogP contribution in [0.5, 0.6) is 5.75 Å². The van der Waals surface area contributed by atoms with Gasteiger partial charge in [-0.15, -0.1) is 0 Å². The number of anilines is 1. The maximum absolute atomic E-state index is 13.2. The summed E-state index contributed by atoms with van der Waals surface area (Å²) in [6, 6.07) is 16.6. The van der Waals surface area contributed by atoms with E-state index in [4.69, 9.17) is 9.47 Å². The van der Waals surface area contributed by atoms with Crippen LogP contribution < -0.4 is 10.1 Å². The number of ether oxygens (including phenoxy) is 2. The summed E-state index contributed by atoms with van der Waals surface area (Å²) in [6.45, 7) is 8.66. The third-order valence-corrected chi connectivity index (χ3v) is 4.70. The molecule has 0 saturated heterocycles. The van der Waals surface area contributed by atoms with Crippen molar-refractivity contribution in [2.24, 2.45) is 0 Å². The normalized spacial score (nSPS) is 14.2. The van der Waals surface area contributed by atoms with Crippen LogP contribution in [0, 0.1) is 0 Å². The van der Waals surface area contributed by atoms with Crippen LogP contribution in [0.15, 0.2) is 60.3 Å². The molecule has 1 N–H and O–H groups in total. The highest BCUT2D eigenvalue weighted by atomic mass is 16.5. The molecule has 164 valence electrons. The number of carbonyl (C=O) groups excluding carboxylic acids is 2. The molecule has 0 spiro atoms. The molecule has 1 aliphatic rings. The van der Waals surface area contributed by atoms with Crippen molar-refractivity contribution in [3.05, 3.63) is 65.9 Å². The predicted octanol–water partition coefficient (Wildman–Crippen LogP) is 4.48. The Morgan fingerprint density at radius 3 is 2.16 bits per heavy atom. The molecule has 6 nitrogen and oxygen atoms in total. The van der Waals surface area contributed by atoms with Crippen molar-refractivity contribution in [3.63, 3.8) is 0 Å². The Labute approximate surface area is 183 Å². The van der Waals surface area contributed by atoms with Crippen molar-refractivity contribution < 1.29 is 19.1 Å². The Balaban J connectivity index is 1.83. The largest absolute Gasteiger partial charge is 0.491 e. The number of hydrogen-bond donors (Lipinski definition) is 1. The van der Waals surface area contributed by atoms with E-state index in [2.05, 4.69) is 5.32 Å². The molecule has 0 unspecified atom stereocenters. The maximum atomic E-state index is 13.2. The number of nitrogens with one attached hydrogen (secondary N) is 1. The molecule has 0 saturated carbocycles. The first-order valence-electron chi connectivity index (χ1n) is 10.7. The number of amides is 2. The van der Waals surface area contributed by atoms with E-state index < -0.39 is 0 Å². The highest BCUT2D eigenvalue weighted by Crippen LogP contribution is 2.31. The van der Waals surface area contributed by atoms with Gasteiger partial charge in [-0.2, -0.15) is 0 Å². The van der Waals surface area contributed by atoms with Crippen molar-refractivity contribution in [2.45, 2.75) is 46.3 Å². The molecule has 3 rings (SSSR count). The van der Waals surface area contributed by atoms with Crippen molar-refractivity contribution in [1.82, 2.24) is 4.90 Å². The second-order valence-electron chi connectivity index (χ2n) is 7.97. The molecular weight excluding hydrogens is 392 g/mol. The van der Waals surface area contributed by atoms with Gasteiger partial charge in [0.1, 0.15) is 11.4 Å². The van der Waals surface area contributed by atoms with E-state index in [9.17, 15) is 9.59 Å². The molecule has 0 aromatic heterocycles. The number of imide groups is 1. The lowest BCUT2D eigenvalue weighted by Gasteiger charge is -2.16. The van der Waals surface area contributed by atoms with Crippen molar-refractivity contribution in [1.29, 1.82) is 0 Å². The molecule has 2 amide bonds. The molecule has 0 fully saturated rings. The third kappa shape index (κ3) is 5.73. The van der Waals surface area contributed by atoms with E-state index in [1.807, 2.05) is 82.3 Å². The summed E-state index contributed by atoms with van der Waals surface area (Å²) in [5.41, 5.74) is 2.10. The second kappa shape index (κ2) is 10.3. The van der Waals surface area contributed by atoms with Crippen LogP contribution in [-0.4, -0.2) is 42.1 Å². The molecule has 1 heterocycles. The van der Waals surface area contributed by atoms with E-state index >= 15 is 0 Å². The second-order valence-corrected chi connectivity index (χ2v) is 7.97. The lowest BCUT2D eigenvalue weighted by atomic mass is 10.0. The Bertz CT molecular complexity index is 934. The van der Waals surface area contributed by atoms with E-state index in [0.717, 1.165) is 5.75 Å². The summed E-state index contributed by atoms with van der Waals surface area (Å²) in [5.74, 6) is 0.136. The van der Waals surface area contributed by atoms with E-state index in [0.29, 0.717) is 42.1 Å². The van der Waals surface area contributed by atoms with Gasteiger partial charge < -0.3 is 14.8 Å². The average Bonchev–Trinajstić information content (AvgIpc) is 2.96. The molecule has 0 radical (unpaired) electrons. The molecule has 6 heteroatoms. The lowest BCUT2D eigenvalue weighted by Crippen LogP contribution is -2.34. The van der Waals surface area contributed by atoms with Gasteiger partial charge >= 0.3 is 0 Å². The number of hydrogen-bond acceptors (Lipinski definition) is 5. The zero-order chi connectivity index (χ0) is 22.4. The summed E-state index contributed by atoms with van der Waals surface area (Å²) < 4.78 is 11.2. The summed E-state index contributed by atoms with van der Waals surface area (Å²) in [7, 11) is 0. The Hall–Kier alpha value is -3.12. The molecule has 1 aliphatic heterocycles. The maximum Gasteiger partial charge on any atom is 0.278 e. The molecule has 0 aliphatic carbocycles. The molecule has 0 atom stereocenters. The Morgan fingerprint density at radius 2 is 1.55 bits per heavy atom. The first kappa shape index (κ1) is 22.6. The van der Waals surface area contributed by atoms with Gasteiger partial charge in [0, 0.05) is 18.8 Å². The van der Waals surface area contributed by atoms with Crippen molar-refractivity contribution in [3.8, 4) is 5.75 Å². The Morgan fingerprint density at radius 1 is 0.871 bits per heavy atom. The molecule has 0 bridgehead atoms. The van der Waals surface area contributed by atoms with Gasteiger partial charge in [0.05, 0.1) is 17.8 Å². The van der Waals surface area contributed by atoms with Gasteiger partial charge in [-0.3, -0.25) is 14.5 Å². The lowest BCUT2D eigenvalue weighted by molar-refractivity contribution is -0.137. The third-order valence-electron chi connectivity index (χ3n) is 4.70. The number of benzene rings is 2. The van der Waals surface area contributed by atoms with Gasteiger partial charge in [-0.1, -0.05) is 30.3 Å². The summed E-state index contributed by atoms with van der Waals surface area (Å²) in [5, 5.41) is 3.17. The zero-order valence-corrected chi connectivity index (χ0v) is 18.6. The fourth-order valence-electron chi connectivity index (χ4n) is 3.34. The predicted molar refractivity (Wildman–Crippen MR) is 122 cm³/mol. The first-order chi connectivity index (χ1) is 14.9. The minimum absolute atomic E-state index is 0.0773. The minimum Gasteiger partial charge on any atom is -0.491 e. The topological polar surface area (TPSA) is 67.9 Å². The van der Waals surface area contributed by atoms with Crippen LogP contribution in [0.25, 0.3) is 5.57 Å². The highest BCUT2D eigenvalue weighted by molar-refractivity contribution is 6.36. The standard InChI is InChI=1S/C25H30N2O4/c1-17(2)30-16-8-15-27-24(28)22(19-9-6-5-7-10-19)23(25(27)29)26-20-11-13-21(14-12-20)31-18(3)4/h5-7,9-14,17-18,26H,8,15-16H2,1-4H3. The molecule has 31 heavy (non-hydrogen) atoms. The highest BCUT2D eigenvalue weighted by Gasteiger charge is 2.38. The number of nitrogens with zero attached hydrogens (tertiary/aromatic N) is 1. The molecule has 2 aromatic rings. The fraction of sp³-hybridized carbons (Fsp3) is 0.360. The van der Waals surface area contributed by atoms with Crippen LogP contribution in [0.2, 0.25) is 0 Å². The van der Waals surface area contributed by atoms with E-state index in [1.165, 1.54) is 4.90 Å². The van der Waals surface area contributed by atoms with E-state index in [-0.39, 0.29) is 24.0 Å². The summed E-state index contributed by atoms with van der Waals surface area (Å²) in [4.78, 5) is 27.6. The quantitative estimate of drug-likeness (QED) is 0.452. The molecule has 2 aromatic carbocycles. The van der Waals surface area contributed by atoms with Crippen molar-refractivity contribution >= 4 is 23.1 Å². The van der Waals surface area contributed by atoms with Crippen LogP contribution in [0.4, 0.5) is 5.69 Å². The van der Waals surface area contributed by atoms with Crippen LogP contribution in [-0.2, 0) is 14.3 Å². The van der Waals surface area contributed by atoms with Crippen LogP contribution in [0.3, 0.4) is 0 Å². The summed E-state index contributed by atoms with van der Waals surface area (Å²) >= 11 is 0. The van der Waals surface area contributed by atoms with Gasteiger partial charge in [0.2, 0.25) is 0 Å². The van der Waals surface area contributed by atoms with E-state index in [1.54, 1.807) is 0 Å². The van der Waals surface area contributed by atoms with Crippen LogP contribution in [0.1, 0.15) is 39.7 Å². The van der Waals surface area contributed by atoms with Crippen LogP contribution >= 0.6 is 0 Å². The zero-order valence-electron chi connectivity index (χ0n) is 18.6. The fourth-order valence-corrected chi connectivity index (χ4v) is 3.34.